The Morgan fingerprint density at radius 3 is 2.56 bits per heavy atom. The number of hydrogen-bond donors (Lipinski definition) is 1. The second kappa shape index (κ2) is 6.35. The van der Waals surface area contributed by atoms with Gasteiger partial charge in [-0.3, -0.25) is 10.1 Å². The largest absolute Gasteiger partial charge is 0.492 e. The van der Waals surface area contributed by atoms with Crippen LogP contribution in [0.5, 0.6) is 5.75 Å². The smallest absolute Gasteiger partial charge is 0.272 e. The van der Waals surface area contributed by atoms with E-state index in [4.69, 9.17) is 4.74 Å². The molecule has 1 N–H and O–H groups in total. The van der Waals surface area contributed by atoms with Crippen molar-refractivity contribution in [2.24, 2.45) is 0 Å². The summed E-state index contributed by atoms with van der Waals surface area (Å²) >= 11 is 0. The molecule has 0 fully saturated rings. The van der Waals surface area contributed by atoms with Crippen LogP contribution in [0.4, 0.5) is 5.69 Å². The number of nitro groups is 1. The van der Waals surface area contributed by atoms with Gasteiger partial charge in [0, 0.05) is 24.2 Å². The minimum absolute atomic E-state index is 0.139. The van der Waals surface area contributed by atoms with Crippen LogP contribution in [-0.4, -0.2) is 24.1 Å². The van der Waals surface area contributed by atoms with E-state index in [-0.39, 0.29) is 10.6 Å². The lowest BCUT2D eigenvalue weighted by atomic mass is 10.1. The molecule has 5 nitrogen and oxygen atoms in total. The third-order valence-electron chi connectivity index (χ3n) is 2.60. The van der Waals surface area contributed by atoms with Gasteiger partial charge >= 0.3 is 0 Å². The molecule has 0 atom stereocenters. The van der Waals surface area contributed by atoms with E-state index >= 15 is 0 Å². The van der Waals surface area contributed by atoms with Crippen molar-refractivity contribution in [2.45, 2.75) is 33.7 Å². The van der Waals surface area contributed by atoms with Crippen molar-refractivity contribution in [1.82, 2.24) is 5.32 Å². The predicted molar refractivity (Wildman–Crippen MR) is 71.2 cm³/mol. The first-order valence-corrected chi connectivity index (χ1v) is 6.03. The number of nitro benzene ring substituents is 1. The molecule has 5 heteroatoms. The van der Waals surface area contributed by atoms with Gasteiger partial charge in [0.2, 0.25) is 0 Å². The van der Waals surface area contributed by atoms with Crippen molar-refractivity contribution >= 4 is 5.69 Å². The van der Waals surface area contributed by atoms with E-state index in [9.17, 15) is 10.1 Å². The molecule has 0 spiro atoms. The van der Waals surface area contributed by atoms with Crippen molar-refractivity contribution < 1.29 is 9.66 Å². The van der Waals surface area contributed by atoms with Crippen LogP contribution < -0.4 is 10.1 Å². The van der Waals surface area contributed by atoms with Crippen molar-refractivity contribution in [2.75, 3.05) is 13.2 Å². The predicted octanol–water partition coefficient (Wildman–Crippen LogP) is 2.59. The molecule has 0 aliphatic rings. The lowest BCUT2D eigenvalue weighted by Gasteiger charge is -2.12. The van der Waals surface area contributed by atoms with Crippen LogP contribution in [0.1, 0.15) is 25.0 Å². The van der Waals surface area contributed by atoms with Gasteiger partial charge in [-0.25, -0.2) is 0 Å². The zero-order valence-corrected chi connectivity index (χ0v) is 11.3. The summed E-state index contributed by atoms with van der Waals surface area (Å²) in [6.45, 7) is 8.99. The molecule has 0 saturated carbocycles. The Balaban J connectivity index is 2.67. The normalized spacial score (nSPS) is 10.7. The molecule has 0 radical (unpaired) electrons. The molecule has 0 aliphatic heterocycles. The van der Waals surface area contributed by atoms with E-state index in [0.717, 1.165) is 12.1 Å². The highest BCUT2D eigenvalue weighted by Gasteiger charge is 2.13. The standard InChI is InChI=1S/C13H20N2O3/c1-9(2)14-5-6-18-13-8-10(3)12(15(16)17)7-11(13)4/h7-9,14H,5-6H2,1-4H3. The monoisotopic (exact) mass is 252 g/mol. The number of nitrogens with one attached hydrogen (secondary N) is 1. The van der Waals surface area contributed by atoms with Crippen LogP contribution in [0.15, 0.2) is 12.1 Å². The van der Waals surface area contributed by atoms with Crippen LogP contribution >= 0.6 is 0 Å². The van der Waals surface area contributed by atoms with Gasteiger partial charge in [0.1, 0.15) is 12.4 Å². The van der Waals surface area contributed by atoms with Gasteiger partial charge in [-0.2, -0.15) is 0 Å². The molecule has 0 heterocycles. The highest BCUT2D eigenvalue weighted by atomic mass is 16.6. The average molecular weight is 252 g/mol. The third kappa shape index (κ3) is 4.00. The van der Waals surface area contributed by atoms with E-state index in [2.05, 4.69) is 19.2 Å². The maximum atomic E-state index is 10.8. The Labute approximate surface area is 107 Å². The van der Waals surface area contributed by atoms with Gasteiger partial charge < -0.3 is 10.1 Å². The quantitative estimate of drug-likeness (QED) is 0.480. The summed E-state index contributed by atoms with van der Waals surface area (Å²) < 4.78 is 5.62. The molecule has 0 aromatic heterocycles. The number of rotatable bonds is 6. The lowest BCUT2D eigenvalue weighted by molar-refractivity contribution is -0.385. The van der Waals surface area contributed by atoms with E-state index in [1.54, 1.807) is 19.1 Å². The van der Waals surface area contributed by atoms with Gasteiger partial charge in [-0.1, -0.05) is 13.8 Å². The van der Waals surface area contributed by atoms with Crippen LogP contribution in [0, 0.1) is 24.0 Å². The molecule has 0 unspecified atom stereocenters. The third-order valence-corrected chi connectivity index (χ3v) is 2.60. The summed E-state index contributed by atoms with van der Waals surface area (Å²) in [6.07, 6.45) is 0. The van der Waals surface area contributed by atoms with Crippen molar-refractivity contribution in [3.05, 3.63) is 33.4 Å². The molecule has 1 rings (SSSR count). The fourth-order valence-corrected chi connectivity index (χ4v) is 1.64. The van der Waals surface area contributed by atoms with Gasteiger partial charge in [0.15, 0.2) is 0 Å². The van der Waals surface area contributed by atoms with E-state index in [1.165, 1.54) is 0 Å². The molecule has 1 aromatic carbocycles. The van der Waals surface area contributed by atoms with Gasteiger partial charge in [-0.15, -0.1) is 0 Å². The maximum absolute atomic E-state index is 10.8. The Kier molecular flexibility index (Phi) is 5.09. The van der Waals surface area contributed by atoms with Gasteiger partial charge in [0.25, 0.3) is 5.69 Å². The van der Waals surface area contributed by atoms with Gasteiger partial charge in [0.05, 0.1) is 4.92 Å². The maximum Gasteiger partial charge on any atom is 0.272 e. The molecule has 0 aliphatic carbocycles. The summed E-state index contributed by atoms with van der Waals surface area (Å²) in [7, 11) is 0. The molecule has 1 aromatic rings. The number of nitrogens with zero attached hydrogens (tertiary/aromatic N) is 1. The fourth-order valence-electron chi connectivity index (χ4n) is 1.64. The highest BCUT2D eigenvalue weighted by Crippen LogP contribution is 2.27. The van der Waals surface area contributed by atoms with Crippen LogP contribution in [0.25, 0.3) is 0 Å². The summed E-state index contributed by atoms with van der Waals surface area (Å²) in [6, 6.07) is 3.71. The van der Waals surface area contributed by atoms with Crippen molar-refractivity contribution in [1.29, 1.82) is 0 Å². The van der Waals surface area contributed by atoms with E-state index in [0.29, 0.717) is 24.0 Å². The average Bonchev–Trinajstić information content (AvgIpc) is 2.27. The second-order valence-electron chi connectivity index (χ2n) is 4.62. The fraction of sp³-hybridized carbons (Fsp3) is 0.538. The molecule has 18 heavy (non-hydrogen) atoms. The summed E-state index contributed by atoms with van der Waals surface area (Å²) in [4.78, 5) is 10.4. The first kappa shape index (κ1) is 14.4. The van der Waals surface area contributed by atoms with E-state index in [1.807, 2.05) is 6.92 Å². The summed E-state index contributed by atoms with van der Waals surface area (Å²) in [5.41, 5.74) is 1.55. The molecular formula is C13H20N2O3. The van der Waals surface area contributed by atoms with Crippen LogP contribution in [-0.2, 0) is 0 Å². The topological polar surface area (TPSA) is 64.4 Å². The van der Waals surface area contributed by atoms with Crippen molar-refractivity contribution in [3.63, 3.8) is 0 Å². The number of ether oxygens (including phenoxy) is 1. The zero-order chi connectivity index (χ0) is 13.7. The van der Waals surface area contributed by atoms with E-state index < -0.39 is 0 Å². The molecule has 0 bridgehead atoms. The first-order chi connectivity index (χ1) is 8.41. The SMILES string of the molecule is Cc1cc([N+](=O)[O-])c(C)cc1OCCNC(C)C. The Morgan fingerprint density at radius 2 is 2.00 bits per heavy atom. The number of aryl methyl sites for hydroxylation is 2. The summed E-state index contributed by atoms with van der Waals surface area (Å²) in [5.74, 6) is 0.712. The summed E-state index contributed by atoms with van der Waals surface area (Å²) in [5, 5.41) is 14.0. The molecular weight excluding hydrogens is 232 g/mol. The van der Waals surface area contributed by atoms with Crippen LogP contribution in [0.3, 0.4) is 0 Å². The Hall–Kier alpha value is -1.62. The minimum Gasteiger partial charge on any atom is -0.492 e. The molecule has 100 valence electrons. The second-order valence-corrected chi connectivity index (χ2v) is 4.62. The lowest BCUT2D eigenvalue weighted by Crippen LogP contribution is -2.27. The molecule has 0 amide bonds. The number of hydrogen-bond acceptors (Lipinski definition) is 4. The van der Waals surface area contributed by atoms with Crippen LogP contribution in [0.2, 0.25) is 0 Å². The highest BCUT2D eigenvalue weighted by molar-refractivity contribution is 5.49. The first-order valence-electron chi connectivity index (χ1n) is 6.03. The Bertz CT molecular complexity index is 430. The van der Waals surface area contributed by atoms with Gasteiger partial charge in [-0.05, 0) is 25.5 Å². The molecule has 0 saturated heterocycles. The zero-order valence-electron chi connectivity index (χ0n) is 11.3. The Morgan fingerprint density at radius 1 is 1.33 bits per heavy atom. The number of benzene rings is 1. The van der Waals surface area contributed by atoms with Crippen molar-refractivity contribution in [3.8, 4) is 5.75 Å². The minimum atomic E-state index is -0.369.